The molecule has 0 aliphatic heterocycles. The predicted molar refractivity (Wildman–Crippen MR) is 143 cm³/mol. The highest BCUT2D eigenvalue weighted by Gasteiger charge is 2.18. The average Bonchev–Trinajstić information content (AvgIpc) is 2.87. The number of benzene rings is 2. The van der Waals surface area contributed by atoms with Crippen molar-refractivity contribution in [1.82, 2.24) is 21.3 Å². The third kappa shape index (κ3) is 11.6. The summed E-state index contributed by atoms with van der Waals surface area (Å²) in [6.45, 7) is 7.05. The van der Waals surface area contributed by atoms with E-state index in [2.05, 4.69) is 21.3 Å². The molecule has 0 saturated carbocycles. The van der Waals surface area contributed by atoms with Crippen LogP contribution in [0.4, 0.5) is 9.59 Å². The minimum Gasteiger partial charge on any atom is -0.460 e. The standard InChI is InChI=1S/C28H36N4O6/c1-19(2)29-27(35)31-23(21-11-7-5-8-12-21)17-37-25(33)15-16-26(34)38-18-24(22-13-9-6-10-14-22)32-28(36)30-20(3)4/h5-16,19-20,23-24H,17-18H2,1-4H3,(H2,29,31,35)(H2,30,32,36)/b16-15+/t23-,24-/m1/s1. The van der Waals surface area contributed by atoms with E-state index in [0.717, 1.165) is 23.3 Å². The summed E-state index contributed by atoms with van der Waals surface area (Å²) in [5.41, 5.74) is 1.51. The fraction of sp³-hybridized carbons (Fsp3) is 0.357. The molecule has 4 amide bonds. The van der Waals surface area contributed by atoms with Crippen LogP contribution in [0.2, 0.25) is 0 Å². The molecule has 10 heteroatoms. The van der Waals surface area contributed by atoms with Crippen LogP contribution in [-0.4, -0.2) is 49.3 Å². The molecule has 4 N–H and O–H groups in total. The molecular weight excluding hydrogens is 488 g/mol. The van der Waals surface area contributed by atoms with Crippen molar-refractivity contribution in [2.45, 2.75) is 51.9 Å². The van der Waals surface area contributed by atoms with Gasteiger partial charge in [-0.1, -0.05) is 60.7 Å². The summed E-state index contributed by atoms with van der Waals surface area (Å²) in [6, 6.07) is 16.0. The Kier molecular flexibility index (Phi) is 12.4. The van der Waals surface area contributed by atoms with Crippen LogP contribution in [0.25, 0.3) is 0 Å². The normalized spacial score (nSPS) is 12.5. The zero-order valence-corrected chi connectivity index (χ0v) is 22.1. The topological polar surface area (TPSA) is 135 Å². The molecule has 2 atom stereocenters. The Balaban J connectivity index is 1.92. The number of amides is 4. The maximum atomic E-state index is 12.2. The van der Waals surface area contributed by atoms with Gasteiger partial charge in [-0.3, -0.25) is 0 Å². The molecule has 0 radical (unpaired) electrons. The zero-order chi connectivity index (χ0) is 27.9. The second-order valence-corrected chi connectivity index (χ2v) is 9.06. The van der Waals surface area contributed by atoms with Crippen LogP contribution < -0.4 is 21.3 Å². The quantitative estimate of drug-likeness (QED) is 0.248. The van der Waals surface area contributed by atoms with Crippen molar-refractivity contribution in [2.75, 3.05) is 13.2 Å². The van der Waals surface area contributed by atoms with Crippen molar-refractivity contribution in [3.8, 4) is 0 Å². The predicted octanol–water partition coefficient (Wildman–Crippen LogP) is 3.53. The van der Waals surface area contributed by atoms with Gasteiger partial charge in [-0.2, -0.15) is 0 Å². The number of nitrogens with one attached hydrogen (secondary N) is 4. The maximum absolute atomic E-state index is 12.2. The van der Waals surface area contributed by atoms with E-state index in [1.54, 1.807) is 24.3 Å². The second kappa shape index (κ2) is 15.7. The molecule has 0 aliphatic rings. The number of esters is 2. The average molecular weight is 525 g/mol. The van der Waals surface area contributed by atoms with E-state index in [1.165, 1.54) is 0 Å². The van der Waals surface area contributed by atoms with Crippen LogP contribution >= 0.6 is 0 Å². The van der Waals surface area contributed by atoms with E-state index in [9.17, 15) is 19.2 Å². The van der Waals surface area contributed by atoms with E-state index < -0.39 is 36.1 Å². The summed E-state index contributed by atoms with van der Waals surface area (Å²) in [5.74, 6) is -1.55. The first kappa shape index (κ1) is 29.9. The lowest BCUT2D eigenvalue weighted by Crippen LogP contribution is -2.42. The second-order valence-electron chi connectivity index (χ2n) is 9.06. The van der Waals surface area contributed by atoms with E-state index in [-0.39, 0.29) is 25.3 Å². The Morgan fingerprint density at radius 1 is 0.605 bits per heavy atom. The molecule has 0 unspecified atom stereocenters. The van der Waals surface area contributed by atoms with E-state index in [1.807, 2.05) is 64.1 Å². The number of carbonyl (C=O) groups is 4. The molecule has 0 aromatic heterocycles. The summed E-state index contributed by atoms with van der Waals surface area (Å²) < 4.78 is 10.5. The van der Waals surface area contributed by atoms with E-state index in [4.69, 9.17) is 9.47 Å². The van der Waals surface area contributed by atoms with Gasteiger partial charge in [0.1, 0.15) is 13.2 Å². The molecule has 0 heterocycles. The van der Waals surface area contributed by atoms with Crippen molar-refractivity contribution < 1.29 is 28.7 Å². The molecule has 2 aromatic rings. The highest BCUT2D eigenvalue weighted by molar-refractivity contribution is 5.91. The van der Waals surface area contributed by atoms with E-state index >= 15 is 0 Å². The van der Waals surface area contributed by atoms with Crippen LogP contribution in [0.3, 0.4) is 0 Å². The largest absolute Gasteiger partial charge is 0.460 e. The number of ether oxygens (including phenoxy) is 2. The van der Waals surface area contributed by atoms with Gasteiger partial charge in [0, 0.05) is 24.2 Å². The molecule has 10 nitrogen and oxygen atoms in total. The van der Waals surface area contributed by atoms with Crippen molar-refractivity contribution >= 4 is 24.0 Å². The lowest BCUT2D eigenvalue weighted by atomic mass is 10.1. The number of urea groups is 2. The minimum atomic E-state index is -0.775. The first-order valence-electron chi connectivity index (χ1n) is 12.4. The molecule has 0 fully saturated rings. The third-order valence-electron chi connectivity index (χ3n) is 4.99. The van der Waals surface area contributed by atoms with Gasteiger partial charge in [-0.05, 0) is 38.8 Å². The molecule has 38 heavy (non-hydrogen) atoms. The molecule has 204 valence electrons. The molecule has 0 bridgehead atoms. The van der Waals surface area contributed by atoms with Gasteiger partial charge in [-0.25, -0.2) is 19.2 Å². The highest BCUT2D eigenvalue weighted by Crippen LogP contribution is 2.14. The summed E-state index contributed by atoms with van der Waals surface area (Å²) in [7, 11) is 0. The fourth-order valence-corrected chi connectivity index (χ4v) is 3.30. The summed E-state index contributed by atoms with van der Waals surface area (Å²) in [6.07, 6.45) is 1.91. The maximum Gasteiger partial charge on any atom is 0.331 e. The molecule has 0 aliphatic carbocycles. The van der Waals surface area contributed by atoms with Crippen molar-refractivity contribution in [2.24, 2.45) is 0 Å². The fourth-order valence-electron chi connectivity index (χ4n) is 3.30. The number of hydrogen-bond donors (Lipinski definition) is 4. The molecule has 0 saturated heterocycles. The molecule has 2 aromatic carbocycles. The van der Waals surface area contributed by atoms with Gasteiger partial charge in [0.15, 0.2) is 0 Å². The summed E-state index contributed by atoms with van der Waals surface area (Å²) in [4.78, 5) is 48.8. The van der Waals surface area contributed by atoms with Crippen molar-refractivity contribution in [3.63, 3.8) is 0 Å². The smallest absolute Gasteiger partial charge is 0.331 e. The van der Waals surface area contributed by atoms with Gasteiger partial charge in [-0.15, -0.1) is 0 Å². The SMILES string of the molecule is CC(C)NC(=O)N[C@H](COC(=O)/C=C/C(=O)OC[C@@H](NC(=O)NC(C)C)c1ccccc1)c1ccccc1. The summed E-state index contributed by atoms with van der Waals surface area (Å²) >= 11 is 0. The molecule has 0 spiro atoms. The summed E-state index contributed by atoms with van der Waals surface area (Å²) in [5, 5.41) is 11.0. The lowest BCUT2D eigenvalue weighted by Gasteiger charge is -2.20. The van der Waals surface area contributed by atoms with Crippen molar-refractivity contribution in [1.29, 1.82) is 0 Å². The van der Waals surface area contributed by atoms with Crippen LogP contribution in [0.1, 0.15) is 50.9 Å². The highest BCUT2D eigenvalue weighted by atomic mass is 16.5. The molecular formula is C28H36N4O6. The van der Waals surface area contributed by atoms with Gasteiger partial charge < -0.3 is 30.7 Å². The minimum absolute atomic E-state index is 0.0656. The van der Waals surface area contributed by atoms with E-state index in [0.29, 0.717) is 0 Å². The van der Waals surface area contributed by atoms with Gasteiger partial charge in [0.2, 0.25) is 0 Å². The Morgan fingerprint density at radius 3 is 1.26 bits per heavy atom. The first-order chi connectivity index (χ1) is 18.1. The van der Waals surface area contributed by atoms with Crippen LogP contribution in [0, 0.1) is 0 Å². The number of hydrogen-bond acceptors (Lipinski definition) is 6. The van der Waals surface area contributed by atoms with Gasteiger partial charge in [0.05, 0.1) is 12.1 Å². The lowest BCUT2D eigenvalue weighted by molar-refractivity contribution is -0.141. The Labute approximate surface area is 223 Å². The third-order valence-corrected chi connectivity index (χ3v) is 4.99. The number of carbonyl (C=O) groups excluding carboxylic acids is 4. The number of rotatable bonds is 12. The van der Waals surface area contributed by atoms with Crippen molar-refractivity contribution in [3.05, 3.63) is 83.9 Å². The molecule has 2 rings (SSSR count). The van der Waals surface area contributed by atoms with Crippen LogP contribution in [0.5, 0.6) is 0 Å². The van der Waals surface area contributed by atoms with Gasteiger partial charge in [0.25, 0.3) is 0 Å². The van der Waals surface area contributed by atoms with Crippen LogP contribution in [-0.2, 0) is 19.1 Å². The zero-order valence-electron chi connectivity index (χ0n) is 22.1. The Bertz CT molecular complexity index is 988. The monoisotopic (exact) mass is 524 g/mol. The first-order valence-corrected chi connectivity index (χ1v) is 12.4. The van der Waals surface area contributed by atoms with Crippen LogP contribution in [0.15, 0.2) is 72.8 Å². The Morgan fingerprint density at radius 2 is 0.947 bits per heavy atom. The van der Waals surface area contributed by atoms with Gasteiger partial charge >= 0.3 is 24.0 Å². The Hall–Kier alpha value is -4.34.